The Morgan fingerprint density at radius 1 is 1.25 bits per heavy atom. The van der Waals surface area contributed by atoms with Gasteiger partial charge >= 0.3 is 0 Å². The summed E-state index contributed by atoms with van der Waals surface area (Å²) in [7, 11) is 0. The zero-order valence-corrected chi connectivity index (χ0v) is 9.14. The molecule has 0 aliphatic rings. The molecule has 2 rings (SSSR count). The van der Waals surface area contributed by atoms with E-state index < -0.39 is 0 Å². The van der Waals surface area contributed by atoms with Crippen LogP contribution in [0.1, 0.15) is 11.3 Å². The Morgan fingerprint density at radius 3 is 2.81 bits per heavy atom. The summed E-state index contributed by atoms with van der Waals surface area (Å²) in [5.41, 5.74) is 9.47. The van der Waals surface area contributed by atoms with Crippen LogP contribution in [0, 0.1) is 6.92 Å². The number of nitrogens with two attached hydrogens (primary N) is 1. The molecule has 0 atom stereocenters. The van der Waals surface area contributed by atoms with Gasteiger partial charge in [-0.3, -0.25) is 9.97 Å². The third-order valence-corrected chi connectivity index (χ3v) is 2.31. The van der Waals surface area contributed by atoms with Crippen molar-refractivity contribution < 1.29 is 0 Å². The second kappa shape index (κ2) is 4.61. The number of rotatable bonds is 3. The number of pyridine rings is 2. The van der Waals surface area contributed by atoms with Gasteiger partial charge in [0, 0.05) is 24.6 Å². The molecule has 0 spiro atoms. The molecule has 0 amide bonds. The molecule has 16 heavy (non-hydrogen) atoms. The number of nitrogens with zero attached hydrogens (tertiary/aromatic N) is 2. The van der Waals surface area contributed by atoms with Gasteiger partial charge in [0.2, 0.25) is 0 Å². The van der Waals surface area contributed by atoms with E-state index in [1.54, 1.807) is 12.4 Å². The molecule has 0 aliphatic heterocycles. The van der Waals surface area contributed by atoms with Gasteiger partial charge in [-0.2, -0.15) is 0 Å². The SMILES string of the molecule is Cc1ccc(CNc2ccncc2N)cn1. The zero-order valence-electron chi connectivity index (χ0n) is 9.14. The van der Waals surface area contributed by atoms with Gasteiger partial charge in [-0.1, -0.05) is 6.07 Å². The third-order valence-electron chi connectivity index (χ3n) is 2.31. The van der Waals surface area contributed by atoms with Crippen molar-refractivity contribution in [1.29, 1.82) is 0 Å². The summed E-state index contributed by atoms with van der Waals surface area (Å²) in [6, 6.07) is 5.90. The van der Waals surface area contributed by atoms with Crippen molar-refractivity contribution >= 4 is 11.4 Å². The maximum Gasteiger partial charge on any atom is 0.0736 e. The minimum atomic E-state index is 0.655. The van der Waals surface area contributed by atoms with Crippen molar-refractivity contribution in [2.75, 3.05) is 11.1 Å². The zero-order chi connectivity index (χ0) is 11.4. The first kappa shape index (κ1) is 10.4. The molecule has 2 aromatic heterocycles. The van der Waals surface area contributed by atoms with Gasteiger partial charge in [-0.15, -0.1) is 0 Å². The fourth-order valence-corrected chi connectivity index (χ4v) is 1.37. The van der Waals surface area contributed by atoms with Crippen molar-refractivity contribution in [2.45, 2.75) is 13.5 Å². The minimum absolute atomic E-state index is 0.655. The van der Waals surface area contributed by atoms with Crippen molar-refractivity contribution in [3.8, 4) is 0 Å². The monoisotopic (exact) mass is 214 g/mol. The van der Waals surface area contributed by atoms with Gasteiger partial charge in [0.1, 0.15) is 0 Å². The van der Waals surface area contributed by atoms with E-state index in [9.17, 15) is 0 Å². The maximum absolute atomic E-state index is 5.77. The Hall–Kier alpha value is -2.10. The molecular formula is C12H14N4. The van der Waals surface area contributed by atoms with E-state index in [1.165, 1.54) is 0 Å². The smallest absolute Gasteiger partial charge is 0.0736 e. The van der Waals surface area contributed by atoms with Crippen LogP contribution in [0.2, 0.25) is 0 Å². The van der Waals surface area contributed by atoms with Crippen molar-refractivity contribution in [1.82, 2.24) is 9.97 Å². The van der Waals surface area contributed by atoms with Gasteiger partial charge in [-0.25, -0.2) is 0 Å². The number of nitrogens with one attached hydrogen (secondary N) is 1. The van der Waals surface area contributed by atoms with E-state index in [2.05, 4.69) is 15.3 Å². The van der Waals surface area contributed by atoms with Crippen LogP contribution in [-0.4, -0.2) is 9.97 Å². The molecule has 2 heterocycles. The quantitative estimate of drug-likeness (QED) is 0.820. The van der Waals surface area contributed by atoms with Gasteiger partial charge in [0.05, 0.1) is 17.6 Å². The maximum atomic E-state index is 5.77. The number of anilines is 2. The number of nitrogen functional groups attached to an aromatic ring is 1. The van der Waals surface area contributed by atoms with E-state index in [4.69, 9.17) is 5.73 Å². The lowest BCUT2D eigenvalue weighted by atomic mass is 10.2. The molecular weight excluding hydrogens is 200 g/mol. The van der Waals surface area contributed by atoms with Crippen LogP contribution in [-0.2, 0) is 6.54 Å². The molecule has 0 fully saturated rings. The van der Waals surface area contributed by atoms with Crippen LogP contribution in [0.4, 0.5) is 11.4 Å². The van der Waals surface area contributed by atoms with E-state index in [1.807, 2.05) is 31.3 Å². The molecule has 4 nitrogen and oxygen atoms in total. The highest BCUT2D eigenvalue weighted by molar-refractivity contribution is 5.64. The van der Waals surface area contributed by atoms with Gasteiger partial charge < -0.3 is 11.1 Å². The highest BCUT2D eigenvalue weighted by Gasteiger charge is 1.98. The van der Waals surface area contributed by atoms with Gasteiger partial charge in [-0.05, 0) is 24.6 Å². The van der Waals surface area contributed by atoms with Crippen LogP contribution in [0.25, 0.3) is 0 Å². The Labute approximate surface area is 94.5 Å². The van der Waals surface area contributed by atoms with E-state index in [0.717, 1.165) is 16.9 Å². The van der Waals surface area contributed by atoms with Crippen molar-refractivity contribution in [3.05, 3.63) is 48.0 Å². The first-order valence-corrected chi connectivity index (χ1v) is 5.10. The lowest BCUT2D eigenvalue weighted by Gasteiger charge is -2.08. The summed E-state index contributed by atoms with van der Waals surface area (Å²) in [6.45, 7) is 2.68. The van der Waals surface area contributed by atoms with Gasteiger partial charge in [0.15, 0.2) is 0 Å². The molecule has 2 aromatic rings. The average molecular weight is 214 g/mol. The number of aromatic nitrogens is 2. The second-order valence-corrected chi connectivity index (χ2v) is 3.62. The molecule has 0 saturated carbocycles. The second-order valence-electron chi connectivity index (χ2n) is 3.62. The fourth-order valence-electron chi connectivity index (χ4n) is 1.37. The molecule has 0 aromatic carbocycles. The largest absolute Gasteiger partial charge is 0.396 e. The topological polar surface area (TPSA) is 63.8 Å². The normalized spacial score (nSPS) is 10.1. The molecule has 82 valence electrons. The summed E-state index contributed by atoms with van der Waals surface area (Å²) >= 11 is 0. The Bertz CT molecular complexity index is 465. The first-order chi connectivity index (χ1) is 7.75. The lowest BCUT2D eigenvalue weighted by Crippen LogP contribution is -2.03. The minimum Gasteiger partial charge on any atom is -0.396 e. The Kier molecular flexibility index (Phi) is 3.00. The number of hydrogen-bond donors (Lipinski definition) is 2. The molecule has 0 unspecified atom stereocenters. The standard InChI is InChI=1S/C12H14N4/c1-9-2-3-10(6-15-9)7-16-12-4-5-14-8-11(12)13/h2-6,8H,7,13H2,1H3,(H,14,16). The van der Waals surface area contributed by atoms with Crippen LogP contribution in [0.5, 0.6) is 0 Å². The average Bonchev–Trinajstić information content (AvgIpc) is 2.30. The lowest BCUT2D eigenvalue weighted by molar-refractivity contribution is 1.08. The highest BCUT2D eigenvalue weighted by Crippen LogP contribution is 2.16. The van der Waals surface area contributed by atoms with Crippen LogP contribution in [0.3, 0.4) is 0 Å². The molecule has 0 aliphatic carbocycles. The van der Waals surface area contributed by atoms with Crippen LogP contribution < -0.4 is 11.1 Å². The van der Waals surface area contributed by atoms with Crippen molar-refractivity contribution in [3.63, 3.8) is 0 Å². The first-order valence-electron chi connectivity index (χ1n) is 5.10. The summed E-state index contributed by atoms with van der Waals surface area (Å²) < 4.78 is 0. The summed E-state index contributed by atoms with van der Waals surface area (Å²) in [6.07, 6.45) is 5.21. The third kappa shape index (κ3) is 2.48. The van der Waals surface area contributed by atoms with Gasteiger partial charge in [0.25, 0.3) is 0 Å². The van der Waals surface area contributed by atoms with Crippen molar-refractivity contribution in [2.24, 2.45) is 0 Å². The molecule has 0 bridgehead atoms. The summed E-state index contributed by atoms with van der Waals surface area (Å²) in [5, 5.41) is 3.24. The number of aryl methyl sites for hydroxylation is 1. The molecule has 0 saturated heterocycles. The van der Waals surface area contributed by atoms with E-state index >= 15 is 0 Å². The predicted molar refractivity (Wildman–Crippen MR) is 65.0 cm³/mol. The summed E-state index contributed by atoms with van der Waals surface area (Å²) in [5.74, 6) is 0. The number of hydrogen-bond acceptors (Lipinski definition) is 4. The molecule has 3 N–H and O–H groups in total. The predicted octanol–water partition coefficient (Wildman–Crippen LogP) is 1.98. The van der Waals surface area contributed by atoms with E-state index in [0.29, 0.717) is 12.2 Å². The Morgan fingerprint density at radius 2 is 2.12 bits per heavy atom. The highest BCUT2D eigenvalue weighted by atomic mass is 14.9. The fraction of sp³-hybridized carbons (Fsp3) is 0.167. The van der Waals surface area contributed by atoms with Crippen LogP contribution >= 0.6 is 0 Å². The van der Waals surface area contributed by atoms with E-state index in [-0.39, 0.29) is 0 Å². The van der Waals surface area contributed by atoms with Crippen LogP contribution in [0.15, 0.2) is 36.8 Å². The summed E-state index contributed by atoms with van der Waals surface area (Å²) in [4.78, 5) is 8.16. The molecule has 4 heteroatoms. The Balaban J connectivity index is 2.02. The molecule has 0 radical (unpaired) electrons.